The van der Waals surface area contributed by atoms with Gasteiger partial charge in [-0.2, -0.15) is 13.5 Å². The van der Waals surface area contributed by atoms with Gasteiger partial charge in [0.05, 0.1) is 16.1 Å². The Morgan fingerprint density at radius 1 is 1.33 bits per heavy atom. The van der Waals surface area contributed by atoms with E-state index in [1.807, 2.05) is 0 Å². The fourth-order valence-corrected chi connectivity index (χ4v) is 4.54. The molecule has 0 saturated carbocycles. The third kappa shape index (κ3) is 3.84. The number of hydrogen-bond acceptors (Lipinski definition) is 6. The number of hydrogen-bond donors (Lipinski definition) is 2. The number of nitrogens with zero attached hydrogens (tertiary/aromatic N) is 4. The summed E-state index contributed by atoms with van der Waals surface area (Å²) in [5.41, 5.74) is 0.833. The van der Waals surface area contributed by atoms with Gasteiger partial charge in [0.25, 0.3) is 5.91 Å². The van der Waals surface area contributed by atoms with Crippen LogP contribution in [0.1, 0.15) is 5.01 Å². The number of anilines is 1. The minimum absolute atomic E-state index is 0.0233. The van der Waals surface area contributed by atoms with Crippen LogP contribution in [0.25, 0.3) is 10.4 Å². The van der Waals surface area contributed by atoms with E-state index in [-0.39, 0.29) is 22.1 Å². The van der Waals surface area contributed by atoms with Gasteiger partial charge in [0.1, 0.15) is 22.2 Å². The van der Waals surface area contributed by atoms with Crippen molar-refractivity contribution in [1.29, 1.82) is 0 Å². The number of likely N-dealkylation sites (N-methyl/N-ethyl adjacent to an activating group) is 1. The third-order valence-corrected chi connectivity index (χ3v) is 6.76. The predicted molar refractivity (Wildman–Crippen MR) is 111 cm³/mol. The van der Waals surface area contributed by atoms with E-state index in [0.29, 0.717) is 5.01 Å². The summed E-state index contributed by atoms with van der Waals surface area (Å²) < 4.78 is 42.8. The summed E-state index contributed by atoms with van der Waals surface area (Å²) in [7, 11) is -2.94. The van der Waals surface area contributed by atoms with Gasteiger partial charge >= 0.3 is 10.2 Å². The molecule has 1 aromatic carbocycles. The number of aromatic amines is 1. The van der Waals surface area contributed by atoms with Crippen molar-refractivity contribution in [2.75, 3.05) is 12.4 Å². The molecule has 0 spiro atoms. The minimum Gasteiger partial charge on any atom is -0.321 e. The van der Waals surface area contributed by atoms with Gasteiger partial charge in [-0.3, -0.25) is 9.89 Å². The zero-order chi connectivity index (χ0) is 21.5. The minimum atomic E-state index is -4.15. The molecule has 13 heteroatoms. The molecule has 9 nitrogen and oxygen atoms in total. The van der Waals surface area contributed by atoms with E-state index in [1.54, 1.807) is 18.6 Å². The van der Waals surface area contributed by atoms with Crippen molar-refractivity contribution in [3.8, 4) is 10.4 Å². The average molecular weight is 467 g/mol. The zero-order valence-electron chi connectivity index (χ0n) is 15.1. The fraction of sp³-hybridized carbons (Fsp3) is 0.0588. The largest absolute Gasteiger partial charge is 0.345 e. The zero-order valence-corrected chi connectivity index (χ0v) is 17.5. The van der Waals surface area contributed by atoms with Crippen LogP contribution in [0.5, 0.6) is 0 Å². The number of carbonyl (C=O) groups is 1. The van der Waals surface area contributed by atoms with Crippen LogP contribution in [-0.4, -0.2) is 46.6 Å². The van der Waals surface area contributed by atoms with Gasteiger partial charge in [0.15, 0.2) is 0 Å². The second kappa shape index (κ2) is 7.63. The standard InChI is InChI=1S/C17H12ClFN6O3S2/c1-25-14(16(26)23-10-2-3-12(19)11(18)4-10)5-13(24-30(25,27)28)17-20-8-15(29-17)9-6-21-22-7-9/h2-8H,1H3,(H,21,22)(H,23,26). The van der Waals surface area contributed by atoms with E-state index in [4.69, 9.17) is 11.6 Å². The number of benzene rings is 1. The van der Waals surface area contributed by atoms with Gasteiger partial charge in [-0.05, 0) is 24.3 Å². The average Bonchev–Trinajstić information content (AvgIpc) is 3.38. The highest BCUT2D eigenvalue weighted by Crippen LogP contribution is 2.28. The Hall–Kier alpha value is -3.09. The number of thiazole rings is 1. The first kappa shape index (κ1) is 20.2. The Labute approximate surface area is 179 Å². The first-order valence-corrected chi connectivity index (χ1v) is 10.9. The highest BCUT2D eigenvalue weighted by atomic mass is 35.5. The van der Waals surface area contributed by atoms with Crippen LogP contribution in [0.2, 0.25) is 5.02 Å². The molecule has 4 rings (SSSR count). The van der Waals surface area contributed by atoms with E-state index in [2.05, 4.69) is 24.9 Å². The first-order chi connectivity index (χ1) is 14.2. The van der Waals surface area contributed by atoms with Crippen molar-refractivity contribution in [2.45, 2.75) is 0 Å². The molecule has 2 aromatic heterocycles. The van der Waals surface area contributed by atoms with E-state index >= 15 is 0 Å². The van der Waals surface area contributed by atoms with Crippen molar-refractivity contribution in [3.63, 3.8) is 0 Å². The summed E-state index contributed by atoms with van der Waals surface area (Å²) >= 11 is 6.93. The SMILES string of the molecule is CN1C(C(=O)Nc2ccc(F)c(Cl)c2)=CC(c2ncc(-c3cn[nH]c3)s2)=NS1(=O)=O. The van der Waals surface area contributed by atoms with Gasteiger partial charge < -0.3 is 5.32 Å². The Morgan fingerprint density at radius 3 is 2.83 bits per heavy atom. The van der Waals surface area contributed by atoms with Crippen molar-refractivity contribution in [3.05, 3.63) is 64.4 Å². The molecule has 0 saturated heterocycles. The van der Waals surface area contributed by atoms with Gasteiger partial charge in [0.2, 0.25) is 0 Å². The van der Waals surface area contributed by atoms with Crippen molar-refractivity contribution in [2.24, 2.45) is 4.40 Å². The van der Waals surface area contributed by atoms with E-state index in [0.717, 1.165) is 20.8 Å². The lowest BCUT2D eigenvalue weighted by atomic mass is 10.2. The molecule has 0 atom stereocenters. The lowest BCUT2D eigenvalue weighted by Gasteiger charge is -2.23. The van der Waals surface area contributed by atoms with Crippen LogP contribution in [0.3, 0.4) is 0 Å². The molecule has 3 aromatic rings. The number of carbonyl (C=O) groups excluding carboxylic acids is 1. The monoisotopic (exact) mass is 466 g/mol. The maximum Gasteiger partial charge on any atom is 0.345 e. The molecular formula is C17H12ClFN6O3S2. The lowest BCUT2D eigenvalue weighted by Crippen LogP contribution is -2.35. The highest BCUT2D eigenvalue weighted by Gasteiger charge is 2.31. The number of allylic oxidation sites excluding steroid dienone is 1. The van der Waals surface area contributed by atoms with Gasteiger partial charge in [-0.25, -0.2) is 13.7 Å². The van der Waals surface area contributed by atoms with Crippen molar-refractivity contribution < 1.29 is 17.6 Å². The van der Waals surface area contributed by atoms with E-state index < -0.39 is 21.9 Å². The van der Waals surface area contributed by atoms with E-state index in [9.17, 15) is 17.6 Å². The topological polar surface area (TPSA) is 120 Å². The van der Waals surface area contributed by atoms with Gasteiger partial charge in [-0.15, -0.1) is 15.7 Å². The van der Waals surface area contributed by atoms with Gasteiger partial charge in [-0.1, -0.05) is 11.6 Å². The molecule has 0 bridgehead atoms. The molecule has 1 aliphatic heterocycles. The molecular weight excluding hydrogens is 455 g/mol. The van der Waals surface area contributed by atoms with Crippen LogP contribution < -0.4 is 5.32 Å². The van der Waals surface area contributed by atoms with Crippen LogP contribution in [0.4, 0.5) is 10.1 Å². The molecule has 0 aliphatic carbocycles. The second-order valence-electron chi connectivity index (χ2n) is 6.05. The summed E-state index contributed by atoms with van der Waals surface area (Å²) in [6.45, 7) is 0. The lowest BCUT2D eigenvalue weighted by molar-refractivity contribution is -0.113. The number of aromatic nitrogens is 3. The fourth-order valence-electron chi connectivity index (χ4n) is 2.55. The molecule has 154 valence electrons. The van der Waals surface area contributed by atoms with Crippen LogP contribution in [0.15, 0.2) is 53.0 Å². The number of halogens is 2. The summed E-state index contributed by atoms with van der Waals surface area (Å²) in [5, 5.41) is 9.19. The molecule has 2 N–H and O–H groups in total. The summed E-state index contributed by atoms with van der Waals surface area (Å²) in [5.74, 6) is -1.37. The molecule has 3 heterocycles. The number of H-pyrrole nitrogens is 1. The summed E-state index contributed by atoms with van der Waals surface area (Å²) in [6, 6.07) is 3.62. The second-order valence-corrected chi connectivity index (χ2v) is 9.11. The Balaban J connectivity index is 1.67. The molecule has 0 radical (unpaired) electrons. The van der Waals surface area contributed by atoms with E-state index in [1.165, 1.54) is 36.6 Å². The molecule has 30 heavy (non-hydrogen) atoms. The third-order valence-electron chi connectivity index (χ3n) is 4.09. The normalized spacial score (nSPS) is 15.5. The summed E-state index contributed by atoms with van der Waals surface area (Å²) in [4.78, 5) is 17.7. The molecule has 0 fully saturated rings. The quantitative estimate of drug-likeness (QED) is 0.612. The first-order valence-electron chi connectivity index (χ1n) is 8.27. The number of amides is 1. The Kier molecular flexibility index (Phi) is 5.13. The Bertz CT molecular complexity index is 1300. The predicted octanol–water partition coefficient (Wildman–Crippen LogP) is 2.83. The summed E-state index contributed by atoms with van der Waals surface area (Å²) in [6.07, 6.45) is 6.16. The Morgan fingerprint density at radius 2 is 2.13 bits per heavy atom. The van der Waals surface area contributed by atoms with Gasteiger partial charge in [0, 0.05) is 30.7 Å². The molecule has 1 amide bonds. The van der Waals surface area contributed by atoms with Crippen LogP contribution in [-0.2, 0) is 15.0 Å². The van der Waals surface area contributed by atoms with Crippen LogP contribution >= 0.6 is 22.9 Å². The van der Waals surface area contributed by atoms with Crippen molar-refractivity contribution in [1.82, 2.24) is 19.5 Å². The highest BCUT2D eigenvalue weighted by molar-refractivity contribution is 7.88. The molecule has 1 aliphatic rings. The number of rotatable bonds is 4. The van der Waals surface area contributed by atoms with Crippen molar-refractivity contribution >= 4 is 50.5 Å². The smallest absolute Gasteiger partial charge is 0.321 e. The maximum absolute atomic E-state index is 13.3. The van der Waals surface area contributed by atoms with Crippen LogP contribution in [0, 0.1) is 5.82 Å². The maximum atomic E-state index is 13.3. The number of nitrogens with one attached hydrogen (secondary N) is 2. The molecule has 0 unspecified atom stereocenters.